The lowest BCUT2D eigenvalue weighted by atomic mass is 10.0. The molecule has 190 valence electrons. The number of oxime groups is 1. The number of imidazole rings is 1. The molecule has 5 heterocycles. The molecule has 2 atom stereocenters. The summed E-state index contributed by atoms with van der Waals surface area (Å²) in [5.74, 6) is -1.72. The summed E-state index contributed by atoms with van der Waals surface area (Å²) in [5, 5.41) is 19.6. The van der Waals surface area contributed by atoms with Crippen LogP contribution in [0.2, 0.25) is 0 Å². The minimum Gasteiger partial charge on any atom is -0.543 e. The number of thiazole rings is 1. The molecule has 2 amide bonds. The number of rotatable bonds is 8. The topological polar surface area (TPSA) is 183 Å². The first-order valence-electron chi connectivity index (χ1n) is 10.9. The highest BCUT2D eigenvalue weighted by Gasteiger charge is 2.53. The molecule has 37 heavy (non-hydrogen) atoms. The summed E-state index contributed by atoms with van der Waals surface area (Å²) in [6.45, 7) is 0.230. The van der Waals surface area contributed by atoms with Crippen molar-refractivity contribution in [2.45, 2.75) is 18.0 Å². The van der Waals surface area contributed by atoms with Gasteiger partial charge >= 0.3 is 0 Å². The maximum atomic E-state index is 13.0. The third-order valence-electron chi connectivity index (χ3n) is 5.69. The fourth-order valence-electron chi connectivity index (χ4n) is 4.10. The van der Waals surface area contributed by atoms with Gasteiger partial charge in [0.1, 0.15) is 30.0 Å². The van der Waals surface area contributed by atoms with Crippen LogP contribution in [0.4, 0.5) is 5.13 Å². The van der Waals surface area contributed by atoms with E-state index in [1.807, 2.05) is 22.9 Å². The van der Waals surface area contributed by atoms with E-state index in [1.54, 1.807) is 24.0 Å². The second kappa shape index (κ2) is 10.0. The van der Waals surface area contributed by atoms with Crippen molar-refractivity contribution in [1.82, 2.24) is 25.2 Å². The lowest BCUT2D eigenvalue weighted by Crippen LogP contribution is -2.71. The van der Waals surface area contributed by atoms with E-state index in [0.29, 0.717) is 17.2 Å². The van der Waals surface area contributed by atoms with E-state index in [-0.39, 0.29) is 28.8 Å². The number of pyridine rings is 1. The molecule has 2 aliphatic rings. The molecule has 4 N–H and O–H groups in total. The third kappa shape index (κ3) is 4.65. The van der Waals surface area contributed by atoms with Gasteiger partial charge in [-0.3, -0.25) is 14.5 Å². The van der Waals surface area contributed by atoms with Crippen molar-refractivity contribution < 1.29 is 28.9 Å². The summed E-state index contributed by atoms with van der Waals surface area (Å²) in [4.78, 5) is 55.2. The van der Waals surface area contributed by atoms with Crippen LogP contribution in [0.5, 0.6) is 0 Å². The Morgan fingerprint density at radius 3 is 2.97 bits per heavy atom. The number of anilines is 1. The first-order chi connectivity index (χ1) is 17.9. The number of amides is 2. The number of β-lactam (4-membered cyclic amide) rings is 1. The number of aliphatic carboxylic acids is 1. The number of aromatic nitrogens is 4. The molecule has 0 spiro atoms. The average molecular weight is 541 g/mol. The number of carbonyl (C=O) groups excluding carboxylic acids is 3. The van der Waals surface area contributed by atoms with Crippen LogP contribution < -0.4 is 20.7 Å². The number of nitrogens with zero attached hydrogens (tertiary/aromatic N) is 5. The normalized spacial score (nSPS) is 19.3. The fraction of sp³-hybridized carbons (Fsp3) is 0.227. The van der Waals surface area contributed by atoms with Crippen molar-refractivity contribution in [3.8, 4) is 11.4 Å². The second-order valence-corrected chi connectivity index (χ2v) is 9.99. The summed E-state index contributed by atoms with van der Waals surface area (Å²) < 4.78 is 1.81. The highest BCUT2D eigenvalue weighted by molar-refractivity contribution is 8.00. The minimum absolute atomic E-state index is 0.147. The van der Waals surface area contributed by atoms with Gasteiger partial charge in [-0.1, -0.05) is 5.16 Å². The number of carboxylic acids is 1. The Morgan fingerprint density at radius 2 is 2.30 bits per heavy atom. The minimum atomic E-state index is -1.46. The van der Waals surface area contributed by atoms with Gasteiger partial charge in [-0.2, -0.15) is 0 Å². The number of carbonyl (C=O) groups is 3. The van der Waals surface area contributed by atoms with Crippen molar-refractivity contribution in [2.75, 3.05) is 18.6 Å². The van der Waals surface area contributed by atoms with Gasteiger partial charge in [-0.25, -0.2) is 14.5 Å². The fourth-order valence-corrected chi connectivity index (χ4v) is 5.98. The number of nitrogen functional groups attached to an aromatic ring is 1. The van der Waals surface area contributed by atoms with Crippen molar-refractivity contribution in [3.05, 3.63) is 59.3 Å². The number of H-pyrrole nitrogens is 1. The molecule has 2 aliphatic heterocycles. The molecule has 13 nitrogen and oxygen atoms in total. The second-order valence-electron chi connectivity index (χ2n) is 8.00. The summed E-state index contributed by atoms with van der Waals surface area (Å²) in [5.41, 5.74) is 6.85. The van der Waals surface area contributed by atoms with Gasteiger partial charge in [0.25, 0.3) is 11.8 Å². The van der Waals surface area contributed by atoms with Crippen LogP contribution in [0.25, 0.3) is 11.4 Å². The highest BCUT2D eigenvalue weighted by Crippen LogP contribution is 2.40. The predicted molar refractivity (Wildman–Crippen MR) is 131 cm³/mol. The van der Waals surface area contributed by atoms with E-state index in [2.05, 4.69) is 25.4 Å². The molecule has 15 heteroatoms. The standard InChI is InChI=1S/C22H20N8O5S2/c1-35-28-14(13-10-37-22(23)26-13)18(31)27-15-19(32)30-16(21(33)34)12(9-36-20(15)30)8-29-6-2-3-11(7-29)17-24-4-5-25-17/h2-7,10,15,20H,8-9H2,1H3,(H4-,23,24,25,26,27,31,33,34)/b28-14-/t15-,20+/m1/s1. The van der Waals surface area contributed by atoms with Crippen LogP contribution in [0, 0.1) is 0 Å². The first-order valence-corrected chi connectivity index (χ1v) is 12.8. The van der Waals surface area contributed by atoms with Crippen molar-refractivity contribution in [2.24, 2.45) is 5.16 Å². The molecule has 3 aromatic rings. The van der Waals surface area contributed by atoms with Crippen LogP contribution in [0.1, 0.15) is 5.69 Å². The van der Waals surface area contributed by atoms with Gasteiger partial charge in [0, 0.05) is 35.2 Å². The summed E-state index contributed by atoms with van der Waals surface area (Å²) in [7, 11) is 1.27. The Morgan fingerprint density at radius 1 is 1.46 bits per heavy atom. The van der Waals surface area contributed by atoms with Gasteiger partial charge in [-0.15, -0.1) is 23.1 Å². The smallest absolute Gasteiger partial charge is 0.276 e. The average Bonchev–Trinajstić information content (AvgIpc) is 3.57. The number of thioether (sulfide) groups is 1. The number of fused-ring (bicyclic) bond motifs is 1. The zero-order valence-corrected chi connectivity index (χ0v) is 20.9. The maximum absolute atomic E-state index is 13.0. The lowest BCUT2D eigenvalue weighted by Gasteiger charge is -2.50. The number of aromatic amines is 1. The molecule has 1 saturated heterocycles. The Labute approximate surface area is 218 Å². The highest BCUT2D eigenvalue weighted by atomic mass is 32.2. The largest absolute Gasteiger partial charge is 0.543 e. The SMILES string of the molecule is CO/N=C(\C(=O)N[C@@H]1C(=O)N2C(C(=O)[O-])=C(C[n+]3cccc(-c4ncc[nH]4)c3)CS[C@@H]12)c1csc(N)n1. The van der Waals surface area contributed by atoms with Gasteiger partial charge in [0.15, 0.2) is 29.8 Å². The molecule has 1 fully saturated rings. The van der Waals surface area contributed by atoms with Gasteiger partial charge in [0.2, 0.25) is 0 Å². The van der Waals surface area contributed by atoms with E-state index in [4.69, 9.17) is 10.6 Å². The number of hydrogen-bond donors (Lipinski definition) is 3. The van der Waals surface area contributed by atoms with Crippen LogP contribution in [0.15, 0.2) is 58.7 Å². The van der Waals surface area contributed by atoms with Crippen molar-refractivity contribution in [3.63, 3.8) is 0 Å². The van der Waals surface area contributed by atoms with Crippen LogP contribution in [-0.4, -0.2) is 67.6 Å². The van der Waals surface area contributed by atoms with Crippen molar-refractivity contribution in [1.29, 1.82) is 0 Å². The van der Waals surface area contributed by atoms with Gasteiger partial charge < -0.3 is 30.8 Å². The molecule has 3 aromatic heterocycles. The number of nitrogens with two attached hydrogens (primary N) is 1. The molecular formula is C22H20N8O5S2. The summed E-state index contributed by atoms with van der Waals surface area (Å²) >= 11 is 2.47. The molecular weight excluding hydrogens is 520 g/mol. The Hall–Kier alpha value is -4.24. The predicted octanol–water partition coefficient (Wildman–Crippen LogP) is -1.14. The van der Waals surface area contributed by atoms with Crippen LogP contribution in [0.3, 0.4) is 0 Å². The zero-order valence-electron chi connectivity index (χ0n) is 19.3. The van der Waals surface area contributed by atoms with Crippen LogP contribution >= 0.6 is 23.1 Å². The lowest BCUT2D eigenvalue weighted by molar-refractivity contribution is -0.688. The number of carboxylic acid groups (broad SMARTS) is 1. The van der Waals surface area contributed by atoms with E-state index in [9.17, 15) is 19.5 Å². The summed E-state index contributed by atoms with van der Waals surface area (Å²) in [6.07, 6.45) is 6.98. The van der Waals surface area contributed by atoms with Crippen molar-refractivity contribution >= 4 is 51.7 Å². The van der Waals surface area contributed by atoms with E-state index in [1.165, 1.54) is 18.9 Å². The quantitative estimate of drug-likeness (QED) is 0.138. The van der Waals surface area contributed by atoms with Crippen LogP contribution in [-0.2, 0) is 25.8 Å². The zero-order chi connectivity index (χ0) is 26.1. The van der Waals surface area contributed by atoms with E-state index in [0.717, 1.165) is 21.8 Å². The Balaban J connectivity index is 1.35. The summed E-state index contributed by atoms with van der Waals surface area (Å²) in [6, 6.07) is 2.75. The molecule has 0 unspecified atom stereocenters. The van der Waals surface area contributed by atoms with E-state index >= 15 is 0 Å². The number of hydrogen-bond acceptors (Lipinski definition) is 11. The van der Waals surface area contributed by atoms with E-state index < -0.39 is 29.2 Å². The molecule has 5 rings (SSSR count). The first kappa shape index (κ1) is 24.5. The maximum Gasteiger partial charge on any atom is 0.276 e. The Bertz CT molecular complexity index is 1430. The third-order valence-corrected chi connectivity index (χ3v) is 7.71. The van der Waals surface area contributed by atoms with Gasteiger partial charge in [-0.05, 0) is 6.07 Å². The Kier molecular flexibility index (Phi) is 6.62. The molecule has 0 aliphatic carbocycles. The molecule has 0 aromatic carbocycles. The monoisotopic (exact) mass is 540 g/mol. The molecule has 0 saturated carbocycles. The van der Waals surface area contributed by atoms with Gasteiger partial charge in [0.05, 0.1) is 17.2 Å². The molecule has 0 bridgehead atoms. The number of nitrogens with one attached hydrogen (secondary N) is 2. The molecule has 0 radical (unpaired) electrons.